The van der Waals surface area contributed by atoms with Crippen LogP contribution >= 0.6 is 0 Å². The van der Waals surface area contributed by atoms with E-state index in [1.807, 2.05) is 42.5 Å². The lowest BCUT2D eigenvalue weighted by Gasteiger charge is -2.24. The number of nitrogens with one attached hydrogen (secondary N) is 1. The molecule has 1 unspecified atom stereocenters. The molecule has 3 aromatic rings. The van der Waals surface area contributed by atoms with E-state index in [9.17, 15) is 5.26 Å². The number of aromatic amines is 1. The lowest BCUT2D eigenvalue weighted by molar-refractivity contribution is 0.378. The molecule has 4 rings (SSSR count). The average molecular weight is 345 g/mol. The van der Waals surface area contributed by atoms with Gasteiger partial charge in [0.1, 0.15) is 17.4 Å². The van der Waals surface area contributed by atoms with Crippen LogP contribution in [0.4, 0.5) is 0 Å². The van der Waals surface area contributed by atoms with Gasteiger partial charge >= 0.3 is 0 Å². The van der Waals surface area contributed by atoms with Crippen molar-refractivity contribution in [1.82, 2.24) is 15.2 Å². The lowest BCUT2D eigenvalue weighted by atomic mass is 9.83. The van der Waals surface area contributed by atoms with Crippen LogP contribution in [-0.4, -0.2) is 22.3 Å². The fourth-order valence-corrected chi connectivity index (χ4v) is 3.11. The van der Waals surface area contributed by atoms with E-state index in [-0.39, 0.29) is 5.88 Å². The summed E-state index contributed by atoms with van der Waals surface area (Å²) in [7, 11) is 1.60. The molecule has 0 saturated heterocycles. The van der Waals surface area contributed by atoms with E-state index >= 15 is 0 Å². The van der Waals surface area contributed by atoms with Crippen molar-refractivity contribution >= 4 is 0 Å². The number of hydrogen-bond acceptors (Lipinski definition) is 6. The first kappa shape index (κ1) is 15.7. The number of hydrogen-bond donors (Lipinski definition) is 2. The fourth-order valence-electron chi connectivity index (χ4n) is 3.11. The monoisotopic (exact) mass is 345 g/mol. The minimum Gasteiger partial charge on any atom is -0.497 e. The number of aromatic nitrogens is 3. The van der Waals surface area contributed by atoms with Gasteiger partial charge in [-0.25, -0.2) is 0 Å². The number of rotatable bonds is 3. The van der Waals surface area contributed by atoms with Crippen molar-refractivity contribution in [2.75, 3.05) is 7.11 Å². The number of methoxy groups -OCH3 is 1. The molecule has 7 heteroatoms. The highest BCUT2D eigenvalue weighted by molar-refractivity contribution is 5.68. The van der Waals surface area contributed by atoms with E-state index < -0.39 is 5.92 Å². The van der Waals surface area contributed by atoms with Gasteiger partial charge in [0.05, 0.1) is 30.0 Å². The second-order valence-electron chi connectivity index (χ2n) is 5.73. The highest BCUT2D eigenvalue weighted by Crippen LogP contribution is 2.45. The van der Waals surface area contributed by atoms with Crippen molar-refractivity contribution in [2.45, 2.75) is 5.92 Å². The second-order valence-corrected chi connectivity index (χ2v) is 5.73. The van der Waals surface area contributed by atoms with Gasteiger partial charge in [-0.3, -0.25) is 10.1 Å². The van der Waals surface area contributed by atoms with Crippen LogP contribution in [-0.2, 0) is 0 Å². The molecule has 0 fully saturated rings. The third kappa shape index (κ3) is 2.45. The Morgan fingerprint density at radius 3 is 2.88 bits per heavy atom. The molecule has 7 nitrogen and oxygen atoms in total. The van der Waals surface area contributed by atoms with Crippen molar-refractivity contribution in [3.63, 3.8) is 0 Å². The Bertz CT molecular complexity index is 1030. The molecule has 1 aliphatic rings. The average Bonchev–Trinajstić information content (AvgIpc) is 3.10. The van der Waals surface area contributed by atoms with Gasteiger partial charge in [-0.15, -0.1) is 5.10 Å². The highest BCUT2D eigenvalue weighted by atomic mass is 16.5. The van der Waals surface area contributed by atoms with Crippen LogP contribution in [0.25, 0.3) is 11.4 Å². The zero-order valence-corrected chi connectivity index (χ0v) is 13.9. The zero-order valence-electron chi connectivity index (χ0n) is 13.9. The van der Waals surface area contributed by atoms with Gasteiger partial charge in [-0.1, -0.05) is 18.2 Å². The number of fused-ring (bicyclic) bond motifs is 1. The van der Waals surface area contributed by atoms with Crippen LogP contribution in [0.5, 0.6) is 11.6 Å². The van der Waals surface area contributed by atoms with Gasteiger partial charge in [0, 0.05) is 6.20 Å². The van der Waals surface area contributed by atoms with Crippen LogP contribution in [0.2, 0.25) is 0 Å². The summed E-state index contributed by atoms with van der Waals surface area (Å²) in [6.07, 6.45) is 1.70. The topological polar surface area (TPSA) is 110 Å². The predicted octanol–water partition coefficient (Wildman–Crippen LogP) is 2.70. The Morgan fingerprint density at radius 1 is 1.27 bits per heavy atom. The highest BCUT2D eigenvalue weighted by Gasteiger charge is 2.36. The SMILES string of the molecule is COc1cccc(C2C(C#N)=C(N)Oc3n[nH]c(-c4ccccn4)c32)c1. The molecule has 0 saturated carbocycles. The van der Waals surface area contributed by atoms with Gasteiger partial charge in [0.2, 0.25) is 11.8 Å². The van der Waals surface area contributed by atoms with Crippen LogP contribution in [0.1, 0.15) is 17.0 Å². The van der Waals surface area contributed by atoms with Crippen molar-refractivity contribution in [1.29, 1.82) is 5.26 Å². The first-order chi connectivity index (χ1) is 12.7. The van der Waals surface area contributed by atoms with Gasteiger partial charge in [-0.05, 0) is 29.8 Å². The smallest absolute Gasteiger partial charge is 0.244 e. The molecule has 0 radical (unpaired) electrons. The van der Waals surface area contributed by atoms with Gasteiger partial charge in [0.25, 0.3) is 0 Å². The molecule has 0 bridgehead atoms. The Balaban J connectivity index is 1.95. The summed E-state index contributed by atoms with van der Waals surface area (Å²) < 4.78 is 10.9. The first-order valence-corrected chi connectivity index (χ1v) is 7.94. The van der Waals surface area contributed by atoms with E-state index in [1.165, 1.54) is 0 Å². The van der Waals surface area contributed by atoms with Crippen molar-refractivity contribution in [3.8, 4) is 29.1 Å². The normalized spacial score (nSPS) is 15.8. The molecular weight excluding hydrogens is 330 g/mol. The summed E-state index contributed by atoms with van der Waals surface area (Å²) in [6.45, 7) is 0. The van der Waals surface area contributed by atoms with E-state index in [0.29, 0.717) is 28.6 Å². The molecule has 1 atom stereocenters. The number of allylic oxidation sites excluding steroid dienone is 1. The summed E-state index contributed by atoms with van der Waals surface area (Å²) in [6, 6.07) is 15.3. The largest absolute Gasteiger partial charge is 0.497 e. The van der Waals surface area contributed by atoms with Crippen LogP contribution < -0.4 is 15.2 Å². The molecular formula is C19H15N5O2. The first-order valence-electron chi connectivity index (χ1n) is 7.94. The molecule has 3 N–H and O–H groups in total. The summed E-state index contributed by atoms with van der Waals surface area (Å²) in [4.78, 5) is 4.38. The molecule has 1 aromatic carbocycles. The van der Waals surface area contributed by atoms with Gasteiger partial charge in [0.15, 0.2) is 0 Å². The third-order valence-corrected chi connectivity index (χ3v) is 4.29. The molecule has 0 aliphatic carbocycles. The summed E-state index contributed by atoms with van der Waals surface area (Å²) in [5.74, 6) is 0.644. The van der Waals surface area contributed by atoms with Crippen LogP contribution in [0.15, 0.2) is 60.1 Å². The number of ether oxygens (including phenoxy) is 2. The third-order valence-electron chi connectivity index (χ3n) is 4.29. The minimum atomic E-state index is -0.436. The maximum atomic E-state index is 9.70. The Morgan fingerprint density at radius 2 is 2.15 bits per heavy atom. The van der Waals surface area contributed by atoms with Crippen LogP contribution in [0.3, 0.4) is 0 Å². The van der Waals surface area contributed by atoms with E-state index in [0.717, 1.165) is 11.1 Å². The molecule has 0 spiro atoms. The van der Waals surface area contributed by atoms with Gasteiger partial charge in [-0.2, -0.15) is 5.26 Å². The zero-order chi connectivity index (χ0) is 18.1. The minimum absolute atomic E-state index is 0.0480. The fraction of sp³-hybridized carbons (Fsp3) is 0.105. The Labute approximate surface area is 149 Å². The van der Waals surface area contributed by atoms with Crippen molar-refractivity contribution in [2.24, 2.45) is 5.73 Å². The number of benzene rings is 1. The number of nitrogens with zero attached hydrogens (tertiary/aromatic N) is 3. The van der Waals surface area contributed by atoms with Crippen molar-refractivity contribution < 1.29 is 9.47 Å². The van der Waals surface area contributed by atoms with E-state index in [2.05, 4.69) is 21.3 Å². The van der Waals surface area contributed by atoms with E-state index in [1.54, 1.807) is 13.3 Å². The number of nitriles is 1. The second kappa shape index (κ2) is 6.26. The summed E-state index contributed by atoms with van der Waals surface area (Å²) >= 11 is 0. The number of pyridine rings is 1. The quantitative estimate of drug-likeness (QED) is 0.755. The maximum absolute atomic E-state index is 9.70. The standard InChI is InChI=1S/C19H15N5O2/c1-25-12-6-4-5-11(9-12)15-13(10-20)18(21)26-19-16(15)17(23-24-19)14-7-2-3-8-22-14/h2-9,15H,21H2,1H3,(H,23,24). The molecule has 128 valence electrons. The predicted molar refractivity (Wildman–Crippen MR) is 94.1 cm³/mol. The van der Waals surface area contributed by atoms with Gasteiger partial charge < -0.3 is 15.2 Å². The van der Waals surface area contributed by atoms with Crippen LogP contribution in [0, 0.1) is 11.3 Å². The molecule has 1 aliphatic heterocycles. The number of H-pyrrole nitrogens is 1. The summed E-state index contributed by atoms with van der Waals surface area (Å²) in [5.41, 5.74) is 9.28. The summed E-state index contributed by atoms with van der Waals surface area (Å²) in [5, 5.41) is 16.9. The molecule has 3 heterocycles. The molecule has 26 heavy (non-hydrogen) atoms. The maximum Gasteiger partial charge on any atom is 0.244 e. The molecule has 0 amide bonds. The Kier molecular flexibility index (Phi) is 3.78. The van der Waals surface area contributed by atoms with E-state index in [4.69, 9.17) is 15.2 Å². The molecule has 2 aromatic heterocycles. The number of nitrogens with two attached hydrogens (primary N) is 1. The van der Waals surface area contributed by atoms with Crippen molar-refractivity contribution in [3.05, 3.63) is 71.2 Å². The lowest BCUT2D eigenvalue weighted by Crippen LogP contribution is -2.21. The Hall–Kier alpha value is -3.79.